The molecule has 100 valence electrons. The van der Waals surface area contributed by atoms with Crippen LogP contribution in [-0.4, -0.2) is 26.8 Å². The van der Waals surface area contributed by atoms with E-state index in [0.717, 1.165) is 12.5 Å². The van der Waals surface area contributed by atoms with Gasteiger partial charge in [0.1, 0.15) is 0 Å². The number of hydrogen-bond acceptors (Lipinski definition) is 3. The highest BCUT2D eigenvalue weighted by Gasteiger charge is 2.40. The molecule has 1 amide bonds. The van der Waals surface area contributed by atoms with Crippen molar-refractivity contribution in [3.8, 4) is 0 Å². The molecule has 1 aliphatic rings. The maximum atomic E-state index is 11.6. The van der Waals surface area contributed by atoms with Crippen molar-refractivity contribution in [3.63, 3.8) is 0 Å². The van der Waals surface area contributed by atoms with Crippen LogP contribution in [0, 0.1) is 0 Å². The summed E-state index contributed by atoms with van der Waals surface area (Å²) < 4.78 is 5.22. The first-order valence-corrected chi connectivity index (χ1v) is 11.0. The molecular weight excluding hydrogens is 262 g/mol. The molecule has 1 fully saturated rings. The quantitative estimate of drug-likeness (QED) is 0.837. The molecule has 0 aromatic carbocycles. The van der Waals surface area contributed by atoms with Crippen LogP contribution in [0.1, 0.15) is 17.2 Å². The Morgan fingerprint density at radius 2 is 2.33 bits per heavy atom. The van der Waals surface area contributed by atoms with E-state index in [-0.39, 0.29) is 12.1 Å². The lowest BCUT2D eigenvalue weighted by molar-refractivity contribution is 0.151. The molecular formula is C13H21NO2SSi. The second-order valence-corrected chi connectivity index (χ2v) is 12.7. The van der Waals surface area contributed by atoms with Crippen molar-refractivity contribution < 1.29 is 9.53 Å². The maximum Gasteiger partial charge on any atom is 0.407 e. The Morgan fingerprint density at radius 3 is 2.94 bits per heavy atom. The Hall–Kier alpha value is -0.813. The van der Waals surface area contributed by atoms with Gasteiger partial charge in [-0.1, -0.05) is 25.7 Å². The van der Waals surface area contributed by atoms with Crippen molar-refractivity contribution in [2.24, 2.45) is 0 Å². The van der Waals surface area contributed by atoms with Crippen LogP contribution in [-0.2, 0) is 4.74 Å². The normalized spacial score (nSPS) is 22.6. The molecule has 2 atom stereocenters. The Kier molecular flexibility index (Phi) is 4.12. The van der Waals surface area contributed by atoms with Gasteiger partial charge >= 0.3 is 6.09 Å². The van der Waals surface area contributed by atoms with E-state index < -0.39 is 8.07 Å². The van der Waals surface area contributed by atoms with Gasteiger partial charge in [0, 0.05) is 24.9 Å². The van der Waals surface area contributed by atoms with Gasteiger partial charge in [-0.25, -0.2) is 4.79 Å². The predicted molar refractivity (Wildman–Crippen MR) is 78.1 cm³/mol. The Balaban J connectivity index is 1.65. The minimum atomic E-state index is -1.11. The topological polar surface area (TPSA) is 38.3 Å². The van der Waals surface area contributed by atoms with Crippen molar-refractivity contribution in [3.05, 3.63) is 22.4 Å². The summed E-state index contributed by atoms with van der Waals surface area (Å²) in [7, 11) is -1.11. The smallest absolute Gasteiger partial charge is 0.407 e. The molecule has 1 aromatic heterocycles. The summed E-state index contributed by atoms with van der Waals surface area (Å²) in [6.45, 7) is 7.39. The van der Waals surface area contributed by atoms with Crippen molar-refractivity contribution in [2.75, 3.05) is 6.61 Å². The van der Waals surface area contributed by atoms with Crippen molar-refractivity contribution >= 4 is 25.5 Å². The average molecular weight is 283 g/mol. The lowest BCUT2D eigenvalue weighted by Crippen LogP contribution is -2.29. The van der Waals surface area contributed by atoms with Gasteiger partial charge < -0.3 is 10.1 Å². The van der Waals surface area contributed by atoms with Crippen LogP contribution >= 0.6 is 11.3 Å². The number of alkyl carbamates (subject to hydrolysis) is 1. The first-order valence-electron chi connectivity index (χ1n) is 6.42. The number of ether oxygens (including phenoxy) is 1. The molecule has 3 nitrogen and oxygen atoms in total. The van der Waals surface area contributed by atoms with Gasteiger partial charge in [0.05, 0.1) is 6.61 Å². The number of amides is 1. The zero-order valence-corrected chi connectivity index (χ0v) is 13.0. The number of thiophene rings is 1. The molecule has 0 bridgehead atoms. The maximum absolute atomic E-state index is 11.6. The zero-order valence-electron chi connectivity index (χ0n) is 11.2. The summed E-state index contributed by atoms with van der Waals surface area (Å²) in [6, 6.07) is 5.50. The first kappa shape index (κ1) is 13.6. The highest BCUT2D eigenvalue weighted by Crippen LogP contribution is 2.42. The highest BCUT2D eigenvalue weighted by atomic mass is 32.1. The molecule has 1 saturated carbocycles. The third kappa shape index (κ3) is 4.14. The second-order valence-electron chi connectivity index (χ2n) is 6.06. The lowest BCUT2D eigenvalue weighted by Gasteiger charge is -2.15. The first-order chi connectivity index (χ1) is 8.46. The monoisotopic (exact) mass is 283 g/mol. The largest absolute Gasteiger partial charge is 0.450 e. The molecule has 0 aliphatic heterocycles. The summed E-state index contributed by atoms with van der Waals surface area (Å²) in [5.74, 6) is 0.509. The summed E-state index contributed by atoms with van der Waals surface area (Å²) in [6.07, 6.45) is 0.793. The van der Waals surface area contributed by atoms with Crippen LogP contribution in [0.25, 0.3) is 0 Å². The number of carbonyl (C=O) groups is 1. The summed E-state index contributed by atoms with van der Waals surface area (Å²) in [5, 5.41) is 5.02. The molecule has 18 heavy (non-hydrogen) atoms. The number of rotatable bonds is 5. The molecule has 1 aromatic rings. The van der Waals surface area contributed by atoms with E-state index in [0.29, 0.717) is 12.5 Å². The molecule has 0 spiro atoms. The Labute approximate surface area is 114 Å². The van der Waals surface area contributed by atoms with E-state index in [1.807, 2.05) is 0 Å². The van der Waals surface area contributed by atoms with Gasteiger partial charge in [0.15, 0.2) is 0 Å². The van der Waals surface area contributed by atoms with Crippen LogP contribution in [0.2, 0.25) is 25.7 Å². The van der Waals surface area contributed by atoms with E-state index in [1.165, 1.54) is 4.88 Å². The van der Waals surface area contributed by atoms with Crippen LogP contribution in [0.15, 0.2) is 17.5 Å². The van der Waals surface area contributed by atoms with Gasteiger partial charge in [0.2, 0.25) is 0 Å². The molecule has 1 heterocycles. The molecule has 0 unspecified atom stereocenters. The number of carbonyl (C=O) groups excluding carboxylic acids is 1. The van der Waals surface area contributed by atoms with Gasteiger partial charge in [-0.3, -0.25) is 0 Å². The van der Waals surface area contributed by atoms with Crippen LogP contribution in [0.4, 0.5) is 4.79 Å². The highest BCUT2D eigenvalue weighted by molar-refractivity contribution is 7.10. The van der Waals surface area contributed by atoms with E-state index in [9.17, 15) is 4.79 Å². The summed E-state index contributed by atoms with van der Waals surface area (Å²) >= 11 is 1.76. The third-order valence-electron chi connectivity index (χ3n) is 3.09. The van der Waals surface area contributed by atoms with Crippen LogP contribution < -0.4 is 5.32 Å². The molecule has 2 rings (SSSR count). The average Bonchev–Trinajstić information content (AvgIpc) is 2.80. The fourth-order valence-corrected chi connectivity index (χ4v) is 3.44. The SMILES string of the molecule is C[Si](C)(C)CCOC(=O)N[C@H]1C[C@@H]1c1cccs1. The number of nitrogens with one attached hydrogen (secondary N) is 1. The van der Waals surface area contributed by atoms with Crippen molar-refractivity contribution in [1.82, 2.24) is 5.32 Å². The van der Waals surface area contributed by atoms with Gasteiger partial charge in [0.25, 0.3) is 0 Å². The molecule has 0 saturated heterocycles. The zero-order chi connectivity index (χ0) is 13.2. The summed E-state index contributed by atoms with van der Waals surface area (Å²) in [4.78, 5) is 12.9. The van der Waals surface area contributed by atoms with Crippen molar-refractivity contribution in [1.29, 1.82) is 0 Å². The Bertz CT molecular complexity index is 400. The van der Waals surface area contributed by atoms with Crippen LogP contribution in [0.5, 0.6) is 0 Å². The van der Waals surface area contributed by atoms with Gasteiger partial charge in [-0.2, -0.15) is 0 Å². The molecule has 0 radical (unpaired) electrons. The Morgan fingerprint density at radius 1 is 1.56 bits per heavy atom. The van der Waals surface area contributed by atoms with E-state index >= 15 is 0 Å². The standard InChI is InChI=1S/C13H21NO2SSi/c1-18(2,3)8-6-16-13(15)14-11-9-10(11)12-5-4-7-17-12/h4-5,7,10-11H,6,8-9H2,1-3H3,(H,14,15)/t10-,11-/m0/s1. The third-order valence-corrected chi connectivity index (χ3v) is 5.80. The minimum absolute atomic E-state index is 0.252. The predicted octanol–water partition coefficient (Wildman–Crippen LogP) is 3.67. The van der Waals surface area contributed by atoms with Crippen LogP contribution in [0.3, 0.4) is 0 Å². The fraction of sp³-hybridized carbons (Fsp3) is 0.615. The molecule has 5 heteroatoms. The van der Waals surface area contributed by atoms with E-state index in [1.54, 1.807) is 11.3 Å². The molecule has 1 aliphatic carbocycles. The summed E-state index contributed by atoms with van der Waals surface area (Å²) in [5.41, 5.74) is 0. The van der Waals surface area contributed by atoms with Gasteiger partial charge in [-0.15, -0.1) is 11.3 Å². The fourth-order valence-electron chi connectivity index (χ4n) is 1.81. The second kappa shape index (κ2) is 5.44. The van der Waals surface area contributed by atoms with Gasteiger partial charge in [-0.05, 0) is 23.9 Å². The molecule has 1 N–H and O–H groups in total. The minimum Gasteiger partial charge on any atom is -0.450 e. The lowest BCUT2D eigenvalue weighted by atomic mass is 10.3. The van der Waals surface area contributed by atoms with E-state index in [4.69, 9.17) is 4.74 Å². The van der Waals surface area contributed by atoms with E-state index in [2.05, 4.69) is 42.5 Å². The van der Waals surface area contributed by atoms with Crippen molar-refractivity contribution in [2.45, 2.75) is 44.1 Å². The number of hydrogen-bond donors (Lipinski definition) is 1.